The fourth-order valence-electron chi connectivity index (χ4n) is 2.59. The summed E-state index contributed by atoms with van der Waals surface area (Å²) in [5, 5.41) is 7.64. The van der Waals surface area contributed by atoms with Gasteiger partial charge in [0.05, 0.1) is 7.11 Å². The lowest BCUT2D eigenvalue weighted by Crippen LogP contribution is -2.34. The molecular formula is C22H23N3O3S2. The molecule has 0 aliphatic heterocycles. The van der Waals surface area contributed by atoms with Crippen molar-refractivity contribution in [2.24, 2.45) is 0 Å². The van der Waals surface area contributed by atoms with E-state index in [9.17, 15) is 9.59 Å². The van der Waals surface area contributed by atoms with E-state index in [1.54, 1.807) is 54.5 Å². The van der Waals surface area contributed by atoms with Gasteiger partial charge in [0.1, 0.15) is 10.1 Å². The standard InChI is InChI=1S/C22H23N3O3S2/c1-15-13-29-22(25-15)30-14-16-3-5-17(6-4-16)20(26)23-11-12-24-21(27)18-7-9-19(28-2)10-8-18/h3-10,13H,11-12,14H2,1-2H3,(H,23,26)(H,24,27). The highest BCUT2D eigenvalue weighted by atomic mass is 32.2. The molecule has 0 radical (unpaired) electrons. The highest BCUT2D eigenvalue weighted by Crippen LogP contribution is 2.26. The molecule has 2 amide bonds. The maximum Gasteiger partial charge on any atom is 0.251 e. The van der Waals surface area contributed by atoms with Gasteiger partial charge >= 0.3 is 0 Å². The third kappa shape index (κ3) is 6.33. The summed E-state index contributed by atoms with van der Waals surface area (Å²) in [4.78, 5) is 28.8. The molecule has 3 rings (SSSR count). The summed E-state index contributed by atoms with van der Waals surface area (Å²) in [6.45, 7) is 2.68. The first kappa shape index (κ1) is 21.9. The predicted octanol–water partition coefficient (Wildman–Crippen LogP) is 3.91. The Labute approximate surface area is 184 Å². The molecule has 1 aromatic heterocycles. The van der Waals surface area contributed by atoms with Crippen LogP contribution >= 0.6 is 23.1 Å². The van der Waals surface area contributed by atoms with Crippen LogP contribution in [0.25, 0.3) is 0 Å². The molecule has 156 valence electrons. The zero-order valence-corrected chi connectivity index (χ0v) is 18.4. The molecule has 0 saturated heterocycles. The number of nitrogens with one attached hydrogen (secondary N) is 2. The number of hydrogen-bond acceptors (Lipinski definition) is 6. The van der Waals surface area contributed by atoms with Crippen LogP contribution in [0, 0.1) is 6.92 Å². The number of nitrogens with zero attached hydrogens (tertiary/aromatic N) is 1. The molecule has 1 heterocycles. The minimum Gasteiger partial charge on any atom is -0.497 e. The summed E-state index contributed by atoms with van der Waals surface area (Å²) < 4.78 is 6.12. The molecule has 0 aliphatic carbocycles. The van der Waals surface area contributed by atoms with E-state index in [1.165, 1.54) is 0 Å². The van der Waals surface area contributed by atoms with Crippen LogP contribution in [-0.2, 0) is 5.75 Å². The van der Waals surface area contributed by atoms with Gasteiger partial charge in [0.25, 0.3) is 11.8 Å². The minimum absolute atomic E-state index is 0.163. The SMILES string of the molecule is COc1ccc(C(=O)NCCNC(=O)c2ccc(CSc3nc(C)cs3)cc2)cc1. The highest BCUT2D eigenvalue weighted by Gasteiger charge is 2.08. The second-order valence-electron chi connectivity index (χ2n) is 6.48. The lowest BCUT2D eigenvalue weighted by atomic mass is 10.1. The average Bonchev–Trinajstić information content (AvgIpc) is 3.20. The smallest absolute Gasteiger partial charge is 0.251 e. The summed E-state index contributed by atoms with van der Waals surface area (Å²) in [7, 11) is 1.58. The van der Waals surface area contributed by atoms with Crippen molar-refractivity contribution >= 4 is 34.9 Å². The van der Waals surface area contributed by atoms with Crippen LogP contribution in [0.5, 0.6) is 5.75 Å². The lowest BCUT2D eigenvalue weighted by Gasteiger charge is -2.08. The molecule has 2 N–H and O–H groups in total. The van der Waals surface area contributed by atoms with Crippen molar-refractivity contribution in [1.82, 2.24) is 15.6 Å². The van der Waals surface area contributed by atoms with Crippen LogP contribution in [0.2, 0.25) is 0 Å². The molecule has 8 heteroatoms. The molecule has 3 aromatic rings. The van der Waals surface area contributed by atoms with Crippen molar-refractivity contribution in [3.8, 4) is 5.75 Å². The molecule has 0 unspecified atom stereocenters. The molecule has 0 fully saturated rings. The third-order valence-corrected chi connectivity index (χ3v) is 6.43. The number of amides is 2. The molecule has 30 heavy (non-hydrogen) atoms. The summed E-state index contributed by atoms with van der Waals surface area (Å²) in [5.74, 6) is 1.15. The van der Waals surface area contributed by atoms with Crippen molar-refractivity contribution in [3.05, 3.63) is 76.3 Å². The van der Waals surface area contributed by atoms with Crippen LogP contribution in [0.15, 0.2) is 58.3 Å². The topological polar surface area (TPSA) is 80.3 Å². The number of aryl methyl sites for hydroxylation is 1. The largest absolute Gasteiger partial charge is 0.497 e. The maximum atomic E-state index is 12.3. The fraction of sp³-hybridized carbons (Fsp3) is 0.227. The number of benzene rings is 2. The highest BCUT2D eigenvalue weighted by molar-refractivity contribution is 8.00. The van der Waals surface area contributed by atoms with Gasteiger partial charge in [0.15, 0.2) is 0 Å². The number of hydrogen-bond donors (Lipinski definition) is 2. The number of aromatic nitrogens is 1. The van der Waals surface area contributed by atoms with Gasteiger partial charge < -0.3 is 15.4 Å². The molecule has 2 aromatic carbocycles. The summed E-state index contributed by atoms with van der Waals surface area (Å²) in [6.07, 6.45) is 0. The Hall–Kier alpha value is -2.84. The first-order valence-corrected chi connectivity index (χ1v) is 11.3. The molecule has 0 saturated carbocycles. The maximum absolute atomic E-state index is 12.3. The first-order valence-electron chi connectivity index (χ1n) is 9.39. The normalized spacial score (nSPS) is 10.5. The van der Waals surface area contributed by atoms with Crippen LogP contribution in [0.4, 0.5) is 0 Å². The number of thioether (sulfide) groups is 1. The van der Waals surface area contributed by atoms with Crippen LogP contribution < -0.4 is 15.4 Å². The van der Waals surface area contributed by atoms with Gasteiger partial charge in [-0.2, -0.15) is 0 Å². The Morgan fingerprint density at radius 1 is 0.967 bits per heavy atom. The van der Waals surface area contributed by atoms with Crippen molar-refractivity contribution < 1.29 is 14.3 Å². The lowest BCUT2D eigenvalue weighted by molar-refractivity contribution is 0.0927. The number of carbonyl (C=O) groups is 2. The summed E-state index contributed by atoms with van der Waals surface area (Å²) in [6, 6.07) is 14.4. The zero-order chi connectivity index (χ0) is 21.3. The third-order valence-electron chi connectivity index (χ3n) is 4.22. The molecule has 6 nitrogen and oxygen atoms in total. The Bertz CT molecular complexity index is 986. The second kappa shape index (κ2) is 10.8. The monoisotopic (exact) mass is 441 g/mol. The van der Waals surface area contributed by atoms with E-state index in [1.807, 2.05) is 36.6 Å². The molecule has 0 aliphatic rings. The van der Waals surface area contributed by atoms with E-state index in [2.05, 4.69) is 15.6 Å². The number of ether oxygens (including phenoxy) is 1. The minimum atomic E-state index is -0.191. The van der Waals surface area contributed by atoms with Crippen molar-refractivity contribution in [1.29, 1.82) is 0 Å². The van der Waals surface area contributed by atoms with Gasteiger partial charge in [-0.15, -0.1) is 11.3 Å². The van der Waals surface area contributed by atoms with Gasteiger partial charge in [0, 0.05) is 41.0 Å². The van der Waals surface area contributed by atoms with Crippen molar-refractivity contribution in [3.63, 3.8) is 0 Å². The Morgan fingerprint density at radius 2 is 1.53 bits per heavy atom. The Morgan fingerprint density at radius 3 is 2.03 bits per heavy atom. The van der Waals surface area contributed by atoms with E-state index >= 15 is 0 Å². The Kier molecular flexibility index (Phi) is 7.87. The van der Waals surface area contributed by atoms with E-state index < -0.39 is 0 Å². The molecule has 0 spiro atoms. The number of thiazole rings is 1. The van der Waals surface area contributed by atoms with Crippen LogP contribution in [0.3, 0.4) is 0 Å². The number of rotatable bonds is 9. The Balaban J connectivity index is 1.39. The molecule has 0 atom stereocenters. The van der Waals surface area contributed by atoms with Gasteiger partial charge in [-0.1, -0.05) is 23.9 Å². The van der Waals surface area contributed by atoms with Gasteiger partial charge in [-0.3, -0.25) is 9.59 Å². The van der Waals surface area contributed by atoms with Crippen LogP contribution in [0.1, 0.15) is 32.0 Å². The summed E-state index contributed by atoms with van der Waals surface area (Å²) >= 11 is 3.33. The van der Waals surface area contributed by atoms with Gasteiger partial charge in [-0.25, -0.2) is 4.98 Å². The fourth-order valence-corrected chi connectivity index (χ4v) is 4.40. The van der Waals surface area contributed by atoms with Crippen molar-refractivity contribution in [2.45, 2.75) is 17.0 Å². The van der Waals surface area contributed by atoms with Gasteiger partial charge in [-0.05, 0) is 48.9 Å². The van der Waals surface area contributed by atoms with Gasteiger partial charge in [0.2, 0.25) is 0 Å². The quantitative estimate of drug-likeness (QED) is 0.389. The van der Waals surface area contributed by atoms with Crippen LogP contribution in [-0.4, -0.2) is 37.0 Å². The van der Waals surface area contributed by atoms with E-state index in [0.717, 1.165) is 21.3 Å². The van der Waals surface area contributed by atoms with E-state index in [0.29, 0.717) is 30.0 Å². The molecule has 0 bridgehead atoms. The molecular weight excluding hydrogens is 418 g/mol. The average molecular weight is 442 g/mol. The zero-order valence-electron chi connectivity index (χ0n) is 16.8. The van der Waals surface area contributed by atoms with Crippen molar-refractivity contribution in [2.75, 3.05) is 20.2 Å². The summed E-state index contributed by atoms with van der Waals surface area (Å²) in [5.41, 5.74) is 3.31. The predicted molar refractivity (Wildman–Crippen MR) is 121 cm³/mol. The van der Waals surface area contributed by atoms with E-state index in [4.69, 9.17) is 4.74 Å². The van der Waals surface area contributed by atoms with E-state index in [-0.39, 0.29) is 11.8 Å². The first-order chi connectivity index (χ1) is 14.5. The number of carbonyl (C=O) groups excluding carboxylic acids is 2. The number of methoxy groups -OCH3 is 1. The second-order valence-corrected chi connectivity index (χ2v) is 8.56.